The van der Waals surface area contributed by atoms with Gasteiger partial charge in [0.2, 0.25) is 0 Å². The molecular weight excluding hydrogens is 244 g/mol. The van der Waals surface area contributed by atoms with Crippen molar-refractivity contribution in [3.8, 4) is 5.69 Å². The maximum absolute atomic E-state index is 11.7. The van der Waals surface area contributed by atoms with E-state index in [-0.39, 0.29) is 5.97 Å². The highest BCUT2D eigenvalue weighted by molar-refractivity contribution is 5.91. The molecule has 0 atom stereocenters. The van der Waals surface area contributed by atoms with Crippen LogP contribution in [0.25, 0.3) is 5.69 Å². The molecule has 6 heteroatoms. The van der Waals surface area contributed by atoms with Gasteiger partial charge in [0, 0.05) is 0 Å². The fraction of sp³-hybridized carbons (Fsp3) is 0.308. The third-order valence-electron chi connectivity index (χ3n) is 2.64. The summed E-state index contributed by atoms with van der Waals surface area (Å²) < 4.78 is 6.59. The fourth-order valence-corrected chi connectivity index (χ4v) is 1.82. The Hall–Kier alpha value is -2.37. The molecule has 0 bridgehead atoms. The highest BCUT2D eigenvalue weighted by atomic mass is 16.5. The molecule has 0 saturated heterocycles. The van der Waals surface area contributed by atoms with E-state index in [9.17, 15) is 4.79 Å². The molecule has 0 aliphatic rings. The number of esters is 1. The molecule has 1 aromatic heterocycles. The van der Waals surface area contributed by atoms with Gasteiger partial charge in [0.15, 0.2) is 0 Å². The number of hydrogen-bond acceptors (Lipinski definition) is 5. The van der Waals surface area contributed by atoms with E-state index in [1.165, 1.54) is 0 Å². The first kappa shape index (κ1) is 13.1. The standard InChI is InChI=1S/C13H16N4O2/c1-4-19-13(18)10-5-6-11(14)12(7-10)17-9(3)15-8(2)16-17/h5-7H,4,14H2,1-3H3. The molecule has 0 aliphatic heterocycles. The normalized spacial score (nSPS) is 10.5. The average molecular weight is 260 g/mol. The second-order valence-corrected chi connectivity index (χ2v) is 4.11. The van der Waals surface area contributed by atoms with Gasteiger partial charge in [0.05, 0.1) is 23.5 Å². The Morgan fingerprint density at radius 2 is 2.16 bits per heavy atom. The number of ether oxygens (including phenoxy) is 1. The topological polar surface area (TPSA) is 83.0 Å². The second-order valence-electron chi connectivity index (χ2n) is 4.11. The van der Waals surface area contributed by atoms with Crippen molar-refractivity contribution < 1.29 is 9.53 Å². The lowest BCUT2D eigenvalue weighted by atomic mass is 10.1. The van der Waals surface area contributed by atoms with Crippen LogP contribution in [-0.2, 0) is 4.74 Å². The van der Waals surface area contributed by atoms with E-state index in [4.69, 9.17) is 10.5 Å². The second kappa shape index (κ2) is 5.09. The third kappa shape index (κ3) is 2.57. The number of nitrogens with zero attached hydrogens (tertiary/aromatic N) is 3. The Morgan fingerprint density at radius 3 is 2.74 bits per heavy atom. The summed E-state index contributed by atoms with van der Waals surface area (Å²) in [5.74, 6) is 0.988. The molecule has 2 rings (SSSR count). The van der Waals surface area contributed by atoms with E-state index >= 15 is 0 Å². The highest BCUT2D eigenvalue weighted by Crippen LogP contribution is 2.20. The molecule has 0 aliphatic carbocycles. The first-order valence-electron chi connectivity index (χ1n) is 6.00. The van der Waals surface area contributed by atoms with Crippen molar-refractivity contribution in [2.75, 3.05) is 12.3 Å². The predicted molar refractivity (Wildman–Crippen MR) is 71.2 cm³/mol. The minimum absolute atomic E-state index is 0.333. The molecule has 0 fully saturated rings. The van der Waals surface area contributed by atoms with Crippen molar-refractivity contribution in [2.45, 2.75) is 20.8 Å². The molecule has 1 aromatic carbocycles. The first-order valence-corrected chi connectivity index (χ1v) is 6.00. The van der Waals surface area contributed by atoms with Crippen LogP contribution in [0.3, 0.4) is 0 Å². The highest BCUT2D eigenvalue weighted by Gasteiger charge is 2.13. The zero-order chi connectivity index (χ0) is 14.0. The van der Waals surface area contributed by atoms with Crippen LogP contribution < -0.4 is 5.73 Å². The monoisotopic (exact) mass is 260 g/mol. The summed E-state index contributed by atoms with van der Waals surface area (Å²) in [6.45, 7) is 5.73. The molecular formula is C13H16N4O2. The summed E-state index contributed by atoms with van der Waals surface area (Å²) in [7, 11) is 0. The lowest BCUT2D eigenvalue weighted by molar-refractivity contribution is 0.0526. The van der Waals surface area contributed by atoms with Crippen LogP contribution in [0.4, 0.5) is 5.69 Å². The molecule has 100 valence electrons. The molecule has 2 N–H and O–H groups in total. The minimum Gasteiger partial charge on any atom is -0.462 e. The molecule has 0 amide bonds. The SMILES string of the molecule is CCOC(=O)c1ccc(N)c(-n2nc(C)nc2C)c1. The summed E-state index contributed by atoms with van der Waals surface area (Å²) in [5, 5.41) is 4.26. The number of nitrogens with two attached hydrogens (primary N) is 1. The number of nitrogen functional groups attached to an aromatic ring is 1. The fourth-order valence-electron chi connectivity index (χ4n) is 1.82. The molecule has 2 aromatic rings. The Morgan fingerprint density at radius 1 is 1.42 bits per heavy atom. The minimum atomic E-state index is -0.377. The lowest BCUT2D eigenvalue weighted by Crippen LogP contribution is -2.09. The molecule has 1 heterocycles. The lowest BCUT2D eigenvalue weighted by Gasteiger charge is -2.09. The van der Waals surface area contributed by atoms with Crippen molar-refractivity contribution in [3.63, 3.8) is 0 Å². The summed E-state index contributed by atoms with van der Waals surface area (Å²) in [6, 6.07) is 4.96. The molecule has 0 radical (unpaired) electrons. The van der Waals surface area contributed by atoms with Gasteiger partial charge in [-0.1, -0.05) is 0 Å². The van der Waals surface area contributed by atoms with Crippen molar-refractivity contribution in [2.24, 2.45) is 0 Å². The smallest absolute Gasteiger partial charge is 0.338 e. The Kier molecular flexibility index (Phi) is 3.50. The first-order chi connectivity index (χ1) is 9.02. The van der Waals surface area contributed by atoms with Crippen LogP contribution in [0.2, 0.25) is 0 Å². The number of aromatic nitrogens is 3. The van der Waals surface area contributed by atoms with Gasteiger partial charge in [0.1, 0.15) is 11.6 Å². The number of rotatable bonds is 3. The van der Waals surface area contributed by atoms with Gasteiger partial charge in [-0.3, -0.25) is 0 Å². The molecule has 6 nitrogen and oxygen atoms in total. The predicted octanol–water partition coefficient (Wildman–Crippen LogP) is 1.64. The van der Waals surface area contributed by atoms with E-state index in [0.29, 0.717) is 35.2 Å². The van der Waals surface area contributed by atoms with Gasteiger partial charge in [-0.05, 0) is 39.0 Å². The summed E-state index contributed by atoms with van der Waals surface area (Å²) >= 11 is 0. The number of carbonyl (C=O) groups is 1. The Labute approximate surface area is 111 Å². The van der Waals surface area contributed by atoms with Gasteiger partial charge in [-0.15, -0.1) is 0 Å². The largest absolute Gasteiger partial charge is 0.462 e. The van der Waals surface area contributed by atoms with E-state index in [1.54, 1.807) is 36.7 Å². The van der Waals surface area contributed by atoms with Gasteiger partial charge in [-0.2, -0.15) is 5.10 Å². The Bertz CT molecular complexity index is 619. The zero-order valence-corrected chi connectivity index (χ0v) is 11.2. The molecule has 0 saturated carbocycles. The van der Waals surface area contributed by atoms with Crippen molar-refractivity contribution in [1.82, 2.24) is 14.8 Å². The number of hydrogen-bond donors (Lipinski definition) is 1. The molecule has 0 unspecified atom stereocenters. The number of aryl methyl sites for hydroxylation is 2. The van der Waals surface area contributed by atoms with Gasteiger partial charge in [-0.25, -0.2) is 14.5 Å². The van der Waals surface area contributed by atoms with Crippen LogP contribution in [0.1, 0.15) is 28.9 Å². The maximum atomic E-state index is 11.7. The summed E-state index contributed by atoms with van der Waals surface area (Å²) in [5.41, 5.74) is 7.53. The van der Waals surface area contributed by atoms with Crippen molar-refractivity contribution >= 4 is 11.7 Å². The van der Waals surface area contributed by atoms with Crippen molar-refractivity contribution in [1.29, 1.82) is 0 Å². The van der Waals surface area contributed by atoms with Gasteiger partial charge < -0.3 is 10.5 Å². The van der Waals surface area contributed by atoms with Gasteiger partial charge in [0.25, 0.3) is 0 Å². The van der Waals surface area contributed by atoms with Crippen LogP contribution in [0, 0.1) is 13.8 Å². The van der Waals surface area contributed by atoms with Crippen LogP contribution in [0.5, 0.6) is 0 Å². The summed E-state index contributed by atoms with van der Waals surface area (Å²) in [6.07, 6.45) is 0. The number of benzene rings is 1. The average Bonchev–Trinajstić information content (AvgIpc) is 2.69. The van der Waals surface area contributed by atoms with Crippen LogP contribution >= 0.6 is 0 Å². The van der Waals surface area contributed by atoms with Gasteiger partial charge >= 0.3 is 5.97 Å². The van der Waals surface area contributed by atoms with E-state index < -0.39 is 0 Å². The number of carbonyl (C=O) groups excluding carboxylic acids is 1. The molecule has 0 spiro atoms. The van der Waals surface area contributed by atoms with E-state index in [2.05, 4.69) is 10.1 Å². The zero-order valence-electron chi connectivity index (χ0n) is 11.2. The third-order valence-corrected chi connectivity index (χ3v) is 2.64. The van der Waals surface area contributed by atoms with E-state index in [1.807, 2.05) is 6.92 Å². The Balaban J connectivity index is 2.48. The van der Waals surface area contributed by atoms with E-state index in [0.717, 1.165) is 0 Å². The maximum Gasteiger partial charge on any atom is 0.338 e. The quantitative estimate of drug-likeness (QED) is 0.670. The van der Waals surface area contributed by atoms with Crippen LogP contribution in [0.15, 0.2) is 18.2 Å². The number of anilines is 1. The molecule has 19 heavy (non-hydrogen) atoms. The van der Waals surface area contributed by atoms with Crippen LogP contribution in [-0.4, -0.2) is 27.3 Å². The summed E-state index contributed by atoms with van der Waals surface area (Å²) in [4.78, 5) is 15.9. The van der Waals surface area contributed by atoms with Crippen molar-refractivity contribution in [3.05, 3.63) is 35.4 Å².